The van der Waals surface area contributed by atoms with Gasteiger partial charge in [0.15, 0.2) is 0 Å². The van der Waals surface area contributed by atoms with E-state index in [2.05, 4.69) is 10.4 Å². The third-order valence-corrected chi connectivity index (χ3v) is 4.38. The van der Waals surface area contributed by atoms with Crippen LogP contribution in [0.15, 0.2) is 24.3 Å². The minimum atomic E-state index is -0.209. The minimum Gasteiger partial charge on any atom is -0.496 e. The number of ether oxygens (including phenoxy) is 1. The predicted molar refractivity (Wildman–Crippen MR) is 90.7 cm³/mol. The van der Waals surface area contributed by atoms with Gasteiger partial charge in [-0.3, -0.25) is 9.48 Å². The first-order valence-corrected chi connectivity index (χ1v) is 7.91. The van der Waals surface area contributed by atoms with E-state index in [-0.39, 0.29) is 11.8 Å². The van der Waals surface area contributed by atoms with Crippen LogP contribution in [0.4, 0.5) is 0 Å². The Balaban J connectivity index is 1.96. The molecule has 1 N–H and O–H groups in total. The number of benzene rings is 1. The Morgan fingerprint density at radius 2 is 2.09 bits per heavy atom. The smallest absolute Gasteiger partial charge is 0.224 e. The van der Waals surface area contributed by atoms with E-state index in [1.54, 1.807) is 11.8 Å². The average molecular weight is 336 g/mol. The van der Waals surface area contributed by atoms with Gasteiger partial charge in [-0.2, -0.15) is 5.10 Å². The highest BCUT2D eigenvalue weighted by molar-refractivity contribution is 6.31. The number of nitrogens with one attached hydrogen (secondary N) is 1. The van der Waals surface area contributed by atoms with Crippen LogP contribution in [0.3, 0.4) is 0 Å². The van der Waals surface area contributed by atoms with Crippen molar-refractivity contribution in [3.05, 3.63) is 46.2 Å². The van der Waals surface area contributed by atoms with Crippen LogP contribution in [-0.4, -0.2) is 22.8 Å². The molecule has 0 unspecified atom stereocenters. The summed E-state index contributed by atoms with van der Waals surface area (Å²) in [6.45, 7) is 6.57. The molecular formula is C17H22ClN3O2. The maximum atomic E-state index is 12.3. The number of aryl methyl sites for hydroxylation is 1. The van der Waals surface area contributed by atoms with Crippen LogP contribution in [0.2, 0.25) is 5.02 Å². The largest absolute Gasteiger partial charge is 0.496 e. The average Bonchev–Trinajstić information content (AvgIpc) is 2.79. The Bertz CT molecular complexity index is 697. The fraction of sp³-hybridized carbons (Fsp3) is 0.412. The molecule has 1 heterocycles. The molecule has 0 saturated carbocycles. The first-order chi connectivity index (χ1) is 10.9. The highest BCUT2D eigenvalue weighted by Gasteiger charge is 2.17. The summed E-state index contributed by atoms with van der Waals surface area (Å²) in [4.78, 5) is 12.3. The summed E-state index contributed by atoms with van der Waals surface area (Å²) in [7, 11) is 1.62. The highest BCUT2D eigenvalue weighted by atomic mass is 35.5. The number of carbonyl (C=O) groups is 1. The summed E-state index contributed by atoms with van der Waals surface area (Å²) in [5.41, 5.74) is 2.61. The van der Waals surface area contributed by atoms with Gasteiger partial charge in [-0.25, -0.2) is 0 Å². The normalized spacial score (nSPS) is 12.0. The van der Waals surface area contributed by atoms with E-state index in [1.807, 2.05) is 45.0 Å². The van der Waals surface area contributed by atoms with Crippen molar-refractivity contribution in [3.8, 4) is 5.75 Å². The molecule has 0 radical (unpaired) electrons. The molecule has 1 atom stereocenters. The second kappa shape index (κ2) is 7.51. The van der Waals surface area contributed by atoms with Crippen molar-refractivity contribution in [1.82, 2.24) is 15.1 Å². The van der Waals surface area contributed by atoms with Crippen LogP contribution in [0.25, 0.3) is 0 Å². The lowest BCUT2D eigenvalue weighted by atomic mass is 10.1. The maximum absolute atomic E-state index is 12.3. The molecule has 1 aromatic carbocycles. The van der Waals surface area contributed by atoms with Crippen molar-refractivity contribution in [1.29, 1.82) is 0 Å². The lowest BCUT2D eigenvalue weighted by Crippen LogP contribution is -2.31. The maximum Gasteiger partial charge on any atom is 0.224 e. The molecule has 2 aromatic rings. The SMILES string of the molecule is COc1ccccc1CNC(=O)[C@@H](C)Cn1nc(C)c(Cl)c1C. The van der Waals surface area contributed by atoms with Crippen LogP contribution >= 0.6 is 11.6 Å². The molecule has 0 spiro atoms. The Morgan fingerprint density at radius 3 is 2.70 bits per heavy atom. The second-order valence-corrected chi connectivity index (χ2v) is 5.98. The van der Waals surface area contributed by atoms with Crippen LogP contribution in [-0.2, 0) is 17.9 Å². The Labute approximate surface area is 141 Å². The number of para-hydroxylation sites is 1. The molecule has 1 aromatic heterocycles. The minimum absolute atomic E-state index is 0.0282. The number of aromatic nitrogens is 2. The standard InChI is InChI=1S/C17H22ClN3O2/c1-11(10-21-13(3)16(18)12(2)20-21)17(22)19-9-14-7-5-6-8-15(14)23-4/h5-8,11H,9-10H2,1-4H3,(H,19,22)/t11-/m0/s1. The van der Waals surface area contributed by atoms with E-state index in [1.165, 1.54) is 0 Å². The van der Waals surface area contributed by atoms with Gasteiger partial charge in [0, 0.05) is 12.1 Å². The zero-order valence-corrected chi connectivity index (χ0v) is 14.6. The van der Waals surface area contributed by atoms with Crippen molar-refractivity contribution >= 4 is 17.5 Å². The molecule has 0 fully saturated rings. The molecule has 2 rings (SSSR count). The number of carbonyl (C=O) groups excluding carboxylic acids is 1. The summed E-state index contributed by atoms with van der Waals surface area (Å²) in [6.07, 6.45) is 0. The molecular weight excluding hydrogens is 314 g/mol. The van der Waals surface area contributed by atoms with Gasteiger partial charge in [-0.1, -0.05) is 36.7 Å². The van der Waals surface area contributed by atoms with E-state index >= 15 is 0 Å². The Kier molecular flexibility index (Phi) is 5.66. The fourth-order valence-electron chi connectivity index (χ4n) is 2.40. The van der Waals surface area contributed by atoms with Gasteiger partial charge in [0.1, 0.15) is 5.75 Å². The summed E-state index contributed by atoms with van der Waals surface area (Å²) in [5, 5.41) is 7.96. The third kappa shape index (κ3) is 4.05. The lowest BCUT2D eigenvalue weighted by molar-refractivity contribution is -0.125. The van der Waals surface area contributed by atoms with Gasteiger partial charge >= 0.3 is 0 Å². The molecule has 0 aliphatic heterocycles. The quantitative estimate of drug-likeness (QED) is 0.882. The summed E-state index contributed by atoms with van der Waals surface area (Å²) in [5.74, 6) is 0.532. The first-order valence-electron chi connectivity index (χ1n) is 7.53. The number of rotatable bonds is 6. The van der Waals surface area contributed by atoms with E-state index in [4.69, 9.17) is 16.3 Å². The van der Waals surface area contributed by atoms with Crippen LogP contribution < -0.4 is 10.1 Å². The topological polar surface area (TPSA) is 56.1 Å². The molecule has 0 saturated heterocycles. The molecule has 5 nitrogen and oxygen atoms in total. The Hall–Kier alpha value is -2.01. The van der Waals surface area contributed by atoms with Crippen LogP contribution in [0, 0.1) is 19.8 Å². The lowest BCUT2D eigenvalue weighted by Gasteiger charge is -2.14. The molecule has 0 bridgehead atoms. The number of nitrogens with zero attached hydrogens (tertiary/aromatic N) is 2. The Morgan fingerprint density at radius 1 is 1.39 bits per heavy atom. The van der Waals surface area contributed by atoms with Crippen molar-refractivity contribution in [2.45, 2.75) is 33.9 Å². The number of hydrogen-bond acceptors (Lipinski definition) is 3. The van der Waals surface area contributed by atoms with E-state index < -0.39 is 0 Å². The zero-order valence-electron chi connectivity index (χ0n) is 13.9. The molecule has 0 aliphatic carbocycles. The molecule has 6 heteroatoms. The monoisotopic (exact) mass is 335 g/mol. The number of methoxy groups -OCH3 is 1. The van der Waals surface area contributed by atoms with Gasteiger partial charge in [0.25, 0.3) is 0 Å². The second-order valence-electron chi connectivity index (χ2n) is 5.60. The third-order valence-electron chi connectivity index (χ3n) is 3.83. The van der Waals surface area contributed by atoms with Crippen molar-refractivity contribution in [2.24, 2.45) is 5.92 Å². The summed E-state index contributed by atoms with van der Waals surface area (Å²) >= 11 is 6.14. The number of halogens is 1. The van der Waals surface area contributed by atoms with Crippen LogP contribution in [0.5, 0.6) is 5.75 Å². The van der Waals surface area contributed by atoms with Crippen molar-refractivity contribution < 1.29 is 9.53 Å². The molecule has 1 amide bonds. The van der Waals surface area contributed by atoms with Gasteiger partial charge in [0.2, 0.25) is 5.91 Å². The van der Waals surface area contributed by atoms with Gasteiger partial charge in [0.05, 0.1) is 36.0 Å². The predicted octanol–water partition coefficient (Wildman–Crippen LogP) is 3.11. The van der Waals surface area contributed by atoms with E-state index in [0.29, 0.717) is 18.1 Å². The van der Waals surface area contributed by atoms with Gasteiger partial charge in [-0.15, -0.1) is 0 Å². The summed E-state index contributed by atoms with van der Waals surface area (Å²) < 4.78 is 7.07. The molecule has 23 heavy (non-hydrogen) atoms. The van der Waals surface area contributed by atoms with Crippen LogP contribution in [0.1, 0.15) is 23.9 Å². The molecule has 0 aliphatic rings. The van der Waals surface area contributed by atoms with Gasteiger partial charge in [-0.05, 0) is 19.9 Å². The van der Waals surface area contributed by atoms with Gasteiger partial charge < -0.3 is 10.1 Å². The molecule has 124 valence electrons. The zero-order chi connectivity index (χ0) is 17.0. The van der Waals surface area contributed by atoms with Crippen molar-refractivity contribution in [2.75, 3.05) is 7.11 Å². The van der Waals surface area contributed by atoms with Crippen molar-refractivity contribution in [3.63, 3.8) is 0 Å². The first kappa shape index (κ1) is 17.3. The highest BCUT2D eigenvalue weighted by Crippen LogP contribution is 2.20. The number of amides is 1. The fourth-order valence-corrected chi connectivity index (χ4v) is 2.54. The number of hydrogen-bond donors (Lipinski definition) is 1. The van der Waals surface area contributed by atoms with E-state index in [0.717, 1.165) is 22.7 Å². The van der Waals surface area contributed by atoms with E-state index in [9.17, 15) is 4.79 Å². The summed E-state index contributed by atoms with van der Waals surface area (Å²) in [6, 6.07) is 7.64.